The average Bonchev–Trinajstić information content (AvgIpc) is 2.62. The van der Waals surface area contributed by atoms with Gasteiger partial charge in [-0.1, -0.05) is 23.8 Å². The number of rotatable bonds is 9. The van der Waals surface area contributed by atoms with E-state index in [2.05, 4.69) is 10.1 Å². The second kappa shape index (κ2) is 9.60. The fourth-order valence-corrected chi connectivity index (χ4v) is 2.24. The first-order valence-corrected chi connectivity index (χ1v) is 8.06. The van der Waals surface area contributed by atoms with Gasteiger partial charge in [0.2, 0.25) is 0 Å². The molecule has 0 heterocycles. The summed E-state index contributed by atoms with van der Waals surface area (Å²) in [7, 11) is 1.38. The molecule has 0 atom stereocenters. The van der Waals surface area contributed by atoms with Crippen LogP contribution in [-0.2, 0) is 11.2 Å². The lowest BCUT2D eigenvalue weighted by Crippen LogP contribution is -2.30. The molecule has 2 aromatic carbocycles. The Bertz CT molecular complexity index is 720. The fourth-order valence-electron chi connectivity index (χ4n) is 2.24. The molecule has 1 N–H and O–H groups in total. The summed E-state index contributed by atoms with van der Waals surface area (Å²) in [5.41, 5.74) is 1.94. The molecule has 1 amide bonds. The molecule has 2 rings (SSSR count). The van der Waals surface area contributed by atoms with Gasteiger partial charge < -0.3 is 19.5 Å². The van der Waals surface area contributed by atoms with Crippen LogP contribution in [0.25, 0.3) is 0 Å². The summed E-state index contributed by atoms with van der Waals surface area (Å²) in [5, 5.41) is 2.74. The molecule has 0 unspecified atom stereocenters. The topological polar surface area (TPSA) is 56.8 Å². The number of hydrogen-bond donors (Lipinski definition) is 1. The van der Waals surface area contributed by atoms with Gasteiger partial charge in [0, 0.05) is 6.54 Å². The Morgan fingerprint density at radius 1 is 1.12 bits per heavy atom. The molecule has 26 heavy (non-hydrogen) atoms. The third kappa shape index (κ3) is 6.23. The molecule has 0 aliphatic heterocycles. The van der Waals surface area contributed by atoms with E-state index in [1.54, 1.807) is 24.3 Å². The number of nitrogens with one attached hydrogen (secondary N) is 1. The highest BCUT2D eigenvalue weighted by Gasteiger charge is 2.11. The largest absolute Gasteiger partial charge is 0.493 e. The predicted molar refractivity (Wildman–Crippen MR) is 93.0 cm³/mol. The van der Waals surface area contributed by atoms with Crippen LogP contribution >= 0.6 is 0 Å². The maximum atomic E-state index is 12.3. The minimum atomic E-state index is -2.91. The molecule has 5 nitrogen and oxygen atoms in total. The first kappa shape index (κ1) is 19.5. The SMILES string of the molecule is COc1cc(CCNC(=O)COc2ccc(C)cc2)ccc1OC(F)F. The number of methoxy groups -OCH3 is 1. The van der Waals surface area contributed by atoms with Crippen LogP contribution in [0.1, 0.15) is 11.1 Å². The average molecular weight is 365 g/mol. The number of carbonyl (C=O) groups is 1. The highest BCUT2D eigenvalue weighted by atomic mass is 19.3. The summed E-state index contributed by atoms with van der Waals surface area (Å²) in [6.45, 7) is -0.637. The lowest BCUT2D eigenvalue weighted by Gasteiger charge is -2.12. The summed E-state index contributed by atoms with van der Waals surface area (Å²) >= 11 is 0. The second-order valence-corrected chi connectivity index (χ2v) is 5.57. The minimum Gasteiger partial charge on any atom is -0.493 e. The highest BCUT2D eigenvalue weighted by molar-refractivity contribution is 5.77. The monoisotopic (exact) mass is 365 g/mol. The van der Waals surface area contributed by atoms with Crippen LogP contribution in [-0.4, -0.2) is 32.8 Å². The van der Waals surface area contributed by atoms with E-state index < -0.39 is 6.61 Å². The first-order valence-electron chi connectivity index (χ1n) is 8.06. The lowest BCUT2D eigenvalue weighted by molar-refractivity contribution is -0.123. The van der Waals surface area contributed by atoms with E-state index in [1.807, 2.05) is 19.1 Å². The van der Waals surface area contributed by atoms with Gasteiger partial charge in [-0.25, -0.2) is 0 Å². The zero-order valence-corrected chi connectivity index (χ0v) is 14.6. The van der Waals surface area contributed by atoms with Crippen LogP contribution in [0.2, 0.25) is 0 Å². The van der Waals surface area contributed by atoms with Crippen LogP contribution in [0.3, 0.4) is 0 Å². The predicted octanol–water partition coefficient (Wildman–Crippen LogP) is 3.34. The molecular formula is C19H21F2NO4. The third-order valence-electron chi connectivity index (χ3n) is 3.57. The second-order valence-electron chi connectivity index (χ2n) is 5.57. The van der Waals surface area contributed by atoms with Crippen LogP contribution in [0, 0.1) is 6.92 Å². The van der Waals surface area contributed by atoms with Crippen molar-refractivity contribution in [3.63, 3.8) is 0 Å². The molecule has 0 radical (unpaired) electrons. The van der Waals surface area contributed by atoms with Crippen LogP contribution in [0.15, 0.2) is 42.5 Å². The van der Waals surface area contributed by atoms with Crippen molar-refractivity contribution in [1.29, 1.82) is 0 Å². The van der Waals surface area contributed by atoms with Crippen LogP contribution < -0.4 is 19.5 Å². The van der Waals surface area contributed by atoms with Crippen LogP contribution in [0.5, 0.6) is 17.2 Å². The Labute approximate surface area is 150 Å². The molecule has 0 saturated carbocycles. The number of hydrogen-bond acceptors (Lipinski definition) is 4. The molecule has 0 bridgehead atoms. The van der Waals surface area contributed by atoms with E-state index in [0.717, 1.165) is 11.1 Å². The smallest absolute Gasteiger partial charge is 0.387 e. The molecule has 0 saturated heterocycles. The number of carbonyl (C=O) groups excluding carboxylic acids is 1. The van der Waals surface area contributed by atoms with Gasteiger partial charge in [0.25, 0.3) is 5.91 Å². The van der Waals surface area contributed by atoms with Crippen molar-refractivity contribution in [3.8, 4) is 17.2 Å². The van der Waals surface area contributed by atoms with E-state index in [9.17, 15) is 13.6 Å². The molecule has 0 aliphatic rings. The van der Waals surface area contributed by atoms with Gasteiger partial charge in [0.1, 0.15) is 5.75 Å². The molecule has 0 aliphatic carbocycles. The number of aryl methyl sites for hydroxylation is 1. The normalized spacial score (nSPS) is 10.5. The Balaban J connectivity index is 1.77. The summed E-state index contributed by atoms with van der Waals surface area (Å²) in [5.74, 6) is 0.582. The molecule has 0 aromatic heterocycles. The summed E-state index contributed by atoms with van der Waals surface area (Å²) in [6.07, 6.45) is 0.515. The van der Waals surface area contributed by atoms with E-state index >= 15 is 0 Å². The molecule has 0 spiro atoms. The van der Waals surface area contributed by atoms with Gasteiger partial charge in [-0.15, -0.1) is 0 Å². The molecular weight excluding hydrogens is 344 g/mol. The van der Waals surface area contributed by atoms with Crippen molar-refractivity contribution in [1.82, 2.24) is 5.32 Å². The van der Waals surface area contributed by atoms with E-state index in [4.69, 9.17) is 9.47 Å². The van der Waals surface area contributed by atoms with Crippen molar-refractivity contribution in [2.75, 3.05) is 20.3 Å². The van der Waals surface area contributed by atoms with Crippen molar-refractivity contribution in [3.05, 3.63) is 53.6 Å². The third-order valence-corrected chi connectivity index (χ3v) is 3.57. The van der Waals surface area contributed by atoms with Gasteiger partial charge >= 0.3 is 6.61 Å². The zero-order valence-electron chi connectivity index (χ0n) is 14.6. The lowest BCUT2D eigenvalue weighted by atomic mass is 10.1. The van der Waals surface area contributed by atoms with Gasteiger partial charge in [0.15, 0.2) is 18.1 Å². The number of alkyl halides is 2. The van der Waals surface area contributed by atoms with E-state index in [1.165, 1.54) is 13.2 Å². The summed E-state index contributed by atoms with van der Waals surface area (Å²) < 4.78 is 39.4. The van der Waals surface area contributed by atoms with Crippen molar-refractivity contribution in [2.24, 2.45) is 0 Å². The van der Waals surface area contributed by atoms with Crippen molar-refractivity contribution in [2.45, 2.75) is 20.0 Å². The summed E-state index contributed by atoms with van der Waals surface area (Å²) in [4.78, 5) is 11.8. The Hall–Kier alpha value is -2.83. The highest BCUT2D eigenvalue weighted by Crippen LogP contribution is 2.29. The zero-order chi connectivity index (χ0) is 18.9. The number of amides is 1. The summed E-state index contributed by atoms with van der Waals surface area (Å²) in [6, 6.07) is 12.1. The Morgan fingerprint density at radius 2 is 1.85 bits per heavy atom. The van der Waals surface area contributed by atoms with E-state index in [0.29, 0.717) is 18.7 Å². The Kier molecular flexibility index (Phi) is 7.20. The fraction of sp³-hybridized carbons (Fsp3) is 0.316. The molecule has 140 valence electrons. The molecule has 0 fully saturated rings. The number of benzene rings is 2. The minimum absolute atomic E-state index is 0.0261. The van der Waals surface area contributed by atoms with Gasteiger partial charge in [0.05, 0.1) is 7.11 Å². The van der Waals surface area contributed by atoms with Gasteiger partial charge in [-0.2, -0.15) is 8.78 Å². The number of halogens is 2. The molecule has 7 heteroatoms. The molecule has 2 aromatic rings. The van der Waals surface area contributed by atoms with Gasteiger partial charge in [-0.3, -0.25) is 4.79 Å². The van der Waals surface area contributed by atoms with Crippen LogP contribution in [0.4, 0.5) is 8.78 Å². The standard InChI is InChI=1S/C19H21F2NO4/c1-13-3-6-15(7-4-13)25-12-18(23)22-10-9-14-5-8-16(26-19(20)21)17(11-14)24-2/h3-8,11,19H,9-10,12H2,1-2H3,(H,22,23). The van der Waals surface area contributed by atoms with Gasteiger partial charge in [-0.05, 0) is 43.2 Å². The Morgan fingerprint density at radius 3 is 2.50 bits per heavy atom. The van der Waals surface area contributed by atoms with Crippen molar-refractivity contribution >= 4 is 5.91 Å². The van der Waals surface area contributed by atoms with Crippen molar-refractivity contribution < 1.29 is 27.8 Å². The number of ether oxygens (including phenoxy) is 3. The maximum absolute atomic E-state index is 12.3. The quantitative estimate of drug-likeness (QED) is 0.741. The maximum Gasteiger partial charge on any atom is 0.387 e. The van der Waals surface area contributed by atoms with E-state index in [-0.39, 0.29) is 24.0 Å². The first-order chi connectivity index (χ1) is 12.5.